The van der Waals surface area contributed by atoms with Gasteiger partial charge in [-0.05, 0) is 148 Å². The van der Waals surface area contributed by atoms with Gasteiger partial charge in [0.05, 0.1) is 0 Å². The van der Waals surface area contributed by atoms with Crippen LogP contribution >= 0.6 is 73.3 Å². The zero-order valence-corrected chi connectivity index (χ0v) is 97.1. The molecule has 0 bridgehead atoms. The topological polar surface area (TPSA) is 19.4 Å². The molecule has 12 atom stereocenters. The minimum Gasteiger partial charge on any atom is -0.411 e. The van der Waals surface area contributed by atoms with Crippen LogP contribution in [0.15, 0.2) is 0 Å². The number of hydrogen-bond acceptors (Lipinski definition) is 12. The predicted molar refractivity (Wildman–Crippen MR) is 589 cm³/mol. The summed E-state index contributed by atoms with van der Waals surface area (Å²) in [6, 6.07) is 0. The Morgan fingerprint density at radius 2 is 0.223 bits per heavy atom. The van der Waals surface area contributed by atoms with E-state index >= 15 is 0 Å². The fourth-order valence-corrected chi connectivity index (χ4v) is 17.9. The Labute approximate surface area is 841 Å². The third kappa shape index (κ3) is 81.8. The van der Waals surface area contributed by atoms with E-state index in [1.807, 2.05) is 0 Å². The van der Waals surface area contributed by atoms with Gasteiger partial charge in [-0.1, -0.05) is 423 Å². The zero-order chi connectivity index (χ0) is 92.3. The van der Waals surface area contributed by atoms with Crippen LogP contribution < -0.4 is 0 Å². The summed E-state index contributed by atoms with van der Waals surface area (Å²) in [6.07, 6.45) is 61.8. The molecule has 0 saturated heterocycles. The summed E-state index contributed by atoms with van der Waals surface area (Å²) in [6.45, 7) is 67.5. The number of hydrogen-bond donors (Lipinski definition) is 0. The molecule has 0 spiro atoms. The Morgan fingerprint density at radius 3 is 0.264 bits per heavy atom. The van der Waals surface area contributed by atoms with E-state index in [0.29, 0.717) is 25.9 Å². The molecule has 0 aromatic heterocycles. The molecule has 12 unspecified atom stereocenters. The Balaban J connectivity index is -0.000000257. The molecule has 0 amide bonds. The average Bonchev–Trinajstić information content (AvgIpc) is 0.941. The standard InChI is InChI=1S/6C17H35NS2.W/c6*1-5-9-11-15(7-3)13-18(17(19)20)14-16(8-4)12-10-6-2;/h6*15-16H,5-14H2,1-4H3,(H,19,20);/q;;;;;;+6/p-6. The smallest absolute Gasteiger partial charge is 0.411 e. The normalized spacial score (nSPS) is 13.9. The van der Waals surface area contributed by atoms with Gasteiger partial charge < -0.3 is 178 Å². The molecule has 0 heterocycles. The third-order valence-electron chi connectivity index (χ3n) is 25.8. The van der Waals surface area contributed by atoms with Gasteiger partial charge in [-0.2, -0.15) is 0 Å². The molecular weight excluding hydrogens is 1880 g/mol. The Hall–Kier alpha value is 1.35. The van der Waals surface area contributed by atoms with Gasteiger partial charge in [-0.25, -0.2) is 0 Å². The molecule has 0 aromatic carbocycles. The molecule has 19 heteroatoms. The zero-order valence-electron chi connectivity index (χ0n) is 84.3. The second-order valence-corrected chi connectivity index (χ2v) is 42.2. The third-order valence-corrected chi connectivity index (χ3v) is 28.9. The summed E-state index contributed by atoms with van der Waals surface area (Å²) in [5.41, 5.74) is 0. The monoisotopic (exact) mass is 2080 g/mol. The number of thiocarbonyl (C=S) groups is 6. The fraction of sp³-hybridized carbons (Fsp3) is 0.941. The van der Waals surface area contributed by atoms with Gasteiger partial charge in [0.25, 0.3) is 0 Å². The summed E-state index contributed by atoms with van der Waals surface area (Å²) in [5.74, 6) is 8.99. The van der Waals surface area contributed by atoms with Crippen LogP contribution in [-0.4, -0.2) is 134 Å². The van der Waals surface area contributed by atoms with E-state index in [4.69, 9.17) is 149 Å². The number of rotatable bonds is 72. The Kier molecular flexibility index (Phi) is 111. The Morgan fingerprint density at radius 1 is 0.157 bits per heavy atom. The van der Waals surface area contributed by atoms with Gasteiger partial charge in [0.2, 0.25) is 0 Å². The largest absolute Gasteiger partial charge is 6.00 e. The van der Waals surface area contributed by atoms with Gasteiger partial charge in [0.1, 0.15) is 0 Å². The first kappa shape index (κ1) is 135. The number of nitrogens with zero attached hydrogens (tertiary/aromatic N) is 6. The van der Waals surface area contributed by atoms with Crippen LogP contribution in [-0.2, 0) is 96.8 Å². The van der Waals surface area contributed by atoms with Crippen molar-refractivity contribution in [1.29, 1.82) is 0 Å². The molecular formula is C102H204N6S12W. The first-order valence-electron chi connectivity index (χ1n) is 51.3. The van der Waals surface area contributed by atoms with Gasteiger partial charge in [-0.15, -0.1) is 0 Å². The summed E-state index contributed by atoms with van der Waals surface area (Å²) in [5, 5.41) is 0. The molecule has 0 rings (SSSR count). The summed E-state index contributed by atoms with van der Waals surface area (Å²) < 4.78 is 4.05. The molecule has 0 fully saturated rings. The van der Waals surface area contributed by atoms with Crippen molar-refractivity contribution >= 4 is 175 Å². The van der Waals surface area contributed by atoms with E-state index in [0.717, 1.165) is 150 Å². The molecule has 121 heavy (non-hydrogen) atoms. The number of unbranched alkanes of at least 4 members (excludes halogenated alkanes) is 12. The minimum absolute atomic E-state index is 0. The predicted octanol–water partition coefficient (Wildman–Crippen LogP) is 33.3. The van der Waals surface area contributed by atoms with Gasteiger partial charge >= 0.3 is 21.1 Å². The molecule has 0 aliphatic heterocycles. The first-order valence-corrected chi connectivity index (χ1v) is 56.2. The first-order chi connectivity index (χ1) is 57.5. The molecule has 0 aliphatic carbocycles. The van der Waals surface area contributed by atoms with Crippen LogP contribution in [0.1, 0.15) is 474 Å². The molecule has 0 radical (unpaired) electrons. The van der Waals surface area contributed by atoms with E-state index in [9.17, 15) is 0 Å². The maximum absolute atomic E-state index is 5.32. The molecule has 6 nitrogen and oxygen atoms in total. The van der Waals surface area contributed by atoms with Crippen molar-refractivity contribution in [3.05, 3.63) is 0 Å². The van der Waals surface area contributed by atoms with Crippen LogP contribution in [0.25, 0.3) is 0 Å². The van der Waals surface area contributed by atoms with E-state index in [1.54, 1.807) is 0 Å². The van der Waals surface area contributed by atoms with Gasteiger partial charge in [0.15, 0.2) is 0 Å². The summed E-state index contributed by atoms with van der Waals surface area (Å²) in [4.78, 5) is 13.8. The van der Waals surface area contributed by atoms with E-state index in [1.165, 1.54) is 308 Å². The summed E-state index contributed by atoms with van der Waals surface area (Å²) in [7, 11) is 0. The van der Waals surface area contributed by atoms with E-state index in [-0.39, 0.29) is 21.1 Å². The molecule has 720 valence electrons. The SMILES string of the molecule is CCCCC(CC)CN(CC(CC)CCCC)C(=S)[S-].CCCCC(CC)CN(CC(CC)CCCC)C(=S)[S-].CCCCC(CC)CN(CC(CC)CCCC)C(=S)[S-].CCCCC(CC)CN(CC(CC)CCCC)C(=S)[S-].CCCCC(CC)CN(CC(CC)CCCC)C(=S)[S-].CCCCC(CC)CN(CC(CC)CCCC)C(=S)[S-].[W+6]. The van der Waals surface area contributed by atoms with Crippen LogP contribution in [0.2, 0.25) is 0 Å². The van der Waals surface area contributed by atoms with Crippen LogP contribution in [0.4, 0.5) is 0 Å². The average molecular weight is 2080 g/mol. The molecule has 0 saturated carbocycles. The van der Waals surface area contributed by atoms with Gasteiger partial charge in [-0.3, -0.25) is 0 Å². The molecule has 0 N–H and O–H groups in total. The van der Waals surface area contributed by atoms with Crippen molar-refractivity contribution in [2.75, 3.05) is 78.5 Å². The van der Waals surface area contributed by atoms with Crippen molar-refractivity contribution in [2.45, 2.75) is 474 Å². The van der Waals surface area contributed by atoms with E-state index < -0.39 is 0 Å². The molecule has 0 aliphatic rings. The maximum Gasteiger partial charge on any atom is 6.00 e. The molecule has 0 aromatic rings. The second kappa shape index (κ2) is 98.8. The van der Waals surface area contributed by atoms with E-state index in [2.05, 4.69) is 196 Å². The van der Waals surface area contributed by atoms with Crippen molar-refractivity contribution < 1.29 is 21.1 Å². The van der Waals surface area contributed by atoms with Crippen LogP contribution in [0, 0.1) is 71.0 Å². The van der Waals surface area contributed by atoms with Crippen LogP contribution in [0.3, 0.4) is 0 Å². The van der Waals surface area contributed by atoms with Crippen molar-refractivity contribution in [2.24, 2.45) is 71.0 Å². The second-order valence-electron chi connectivity index (χ2n) is 36.0. The van der Waals surface area contributed by atoms with Crippen molar-refractivity contribution in [3.63, 3.8) is 0 Å². The Bertz CT molecular complexity index is 1750. The van der Waals surface area contributed by atoms with Gasteiger partial charge in [0, 0.05) is 78.5 Å². The van der Waals surface area contributed by atoms with Crippen molar-refractivity contribution in [1.82, 2.24) is 29.4 Å². The van der Waals surface area contributed by atoms with Crippen molar-refractivity contribution in [3.8, 4) is 0 Å². The quantitative estimate of drug-likeness (QED) is 0.0425. The fourth-order valence-electron chi connectivity index (χ4n) is 16.1. The summed E-state index contributed by atoms with van der Waals surface area (Å²) >= 11 is 63.8. The maximum atomic E-state index is 5.32. The minimum atomic E-state index is 0. The van der Waals surface area contributed by atoms with Crippen LogP contribution in [0.5, 0.6) is 0 Å².